The van der Waals surface area contributed by atoms with E-state index in [2.05, 4.69) is 93.7 Å². The average molecular weight is 978 g/mol. The Kier molecular flexibility index (Phi) is 55.8. The molecule has 0 N–H and O–H groups in total. The molecule has 404 valence electrons. The fourth-order valence-corrected chi connectivity index (χ4v) is 8.47. The molecular formula is C64H112O6. The maximum absolute atomic E-state index is 12.8. The summed E-state index contributed by atoms with van der Waals surface area (Å²) < 4.78 is 16.8. The van der Waals surface area contributed by atoms with Gasteiger partial charge in [0.15, 0.2) is 6.10 Å². The highest BCUT2D eigenvalue weighted by Gasteiger charge is 2.19. The third kappa shape index (κ3) is 55.8. The summed E-state index contributed by atoms with van der Waals surface area (Å²) in [6.45, 7) is 6.51. The van der Waals surface area contributed by atoms with Crippen molar-refractivity contribution in [2.45, 2.75) is 303 Å². The van der Waals surface area contributed by atoms with Crippen LogP contribution in [-0.2, 0) is 28.6 Å². The Balaban J connectivity index is 4.44. The summed E-state index contributed by atoms with van der Waals surface area (Å²) in [6, 6.07) is 0. The van der Waals surface area contributed by atoms with Crippen molar-refractivity contribution in [3.63, 3.8) is 0 Å². The van der Waals surface area contributed by atoms with E-state index >= 15 is 0 Å². The second kappa shape index (κ2) is 58.4. The molecule has 0 heterocycles. The van der Waals surface area contributed by atoms with Crippen molar-refractivity contribution in [3.05, 3.63) is 72.9 Å². The van der Waals surface area contributed by atoms with E-state index in [1.54, 1.807) is 0 Å². The molecule has 70 heavy (non-hydrogen) atoms. The number of carbonyl (C=O) groups excluding carboxylic acids is 3. The Morgan fingerprint density at radius 3 is 0.929 bits per heavy atom. The standard InChI is InChI=1S/C64H112O6/c1-4-7-10-13-16-19-22-25-28-31-34-36-39-42-45-48-51-54-57-63(66)69-60-61(70-64(67)58-55-52-49-46-43-40-37-33-30-27-24-21-18-15-12-9-6-3)59-68-62(65)56-53-50-47-44-41-38-35-32-29-26-23-20-17-14-11-8-5-2/h9,12,18,21,26-27,29-30,37,40,46,49,61H,4-8,10-11,13-17,19-20,22-25,28,31-36,38-39,41-45,47-48,50-60H2,1-3H3/b12-9+,21-18+,29-26+,30-27+,40-37+,49-46+/t61-/m1/s1. The van der Waals surface area contributed by atoms with Gasteiger partial charge < -0.3 is 14.2 Å². The van der Waals surface area contributed by atoms with E-state index in [0.29, 0.717) is 19.3 Å². The zero-order chi connectivity index (χ0) is 50.7. The number of hydrogen-bond donors (Lipinski definition) is 0. The van der Waals surface area contributed by atoms with Crippen LogP contribution in [0.15, 0.2) is 72.9 Å². The largest absolute Gasteiger partial charge is 0.462 e. The molecule has 0 radical (unpaired) electrons. The van der Waals surface area contributed by atoms with E-state index in [9.17, 15) is 14.4 Å². The van der Waals surface area contributed by atoms with Crippen molar-refractivity contribution < 1.29 is 28.6 Å². The molecule has 0 bridgehead atoms. The minimum absolute atomic E-state index is 0.0966. The van der Waals surface area contributed by atoms with Gasteiger partial charge in [-0.3, -0.25) is 14.4 Å². The lowest BCUT2D eigenvalue weighted by Gasteiger charge is -2.18. The lowest BCUT2D eigenvalue weighted by molar-refractivity contribution is -0.167. The van der Waals surface area contributed by atoms with Gasteiger partial charge in [-0.05, 0) is 83.5 Å². The highest BCUT2D eigenvalue weighted by Crippen LogP contribution is 2.16. The maximum atomic E-state index is 12.8. The van der Waals surface area contributed by atoms with Crippen molar-refractivity contribution in [2.75, 3.05) is 13.2 Å². The lowest BCUT2D eigenvalue weighted by atomic mass is 10.0. The average Bonchev–Trinajstić information content (AvgIpc) is 3.36. The molecule has 0 spiro atoms. The van der Waals surface area contributed by atoms with Gasteiger partial charge in [0.2, 0.25) is 0 Å². The summed E-state index contributed by atoms with van der Waals surface area (Å²) in [5.74, 6) is -0.948. The van der Waals surface area contributed by atoms with Gasteiger partial charge in [0.05, 0.1) is 0 Å². The molecular weight excluding hydrogens is 865 g/mol. The second-order valence-electron chi connectivity index (χ2n) is 19.9. The van der Waals surface area contributed by atoms with Crippen LogP contribution in [0.4, 0.5) is 0 Å². The Morgan fingerprint density at radius 1 is 0.300 bits per heavy atom. The summed E-state index contributed by atoms with van der Waals surface area (Å²) in [6.07, 6.45) is 74.7. The topological polar surface area (TPSA) is 78.9 Å². The first kappa shape index (κ1) is 66.9. The monoisotopic (exact) mass is 977 g/mol. The van der Waals surface area contributed by atoms with Gasteiger partial charge in [0.25, 0.3) is 0 Å². The Hall–Kier alpha value is -3.15. The molecule has 0 saturated carbocycles. The van der Waals surface area contributed by atoms with Gasteiger partial charge in [-0.2, -0.15) is 0 Å². The summed E-state index contributed by atoms with van der Waals surface area (Å²) in [7, 11) is 0. The molecule has 0 amide bonds. The minimum atomic E-state index is -0.806. The van der Waals surface area contributed by atoms with E-state index in [-0.39, 0.29) is 37.5 Å². The van der Waals surface area contributed by atoms with Gasteiger partial charge in [0.1, 0.15) is 13.2 Å². The quantitative estimate of drug-likeness (QED) is 0.0261. The Labute approximate surface area is 433 Å². The predicted octanol–water partition coefficient (Wildman–Crippen LogP) is 20.2. The molecule has 0 saturated heterocycles. The molecule has 0 aromatic rings. The van der Waals surface area contributed by atoms with Crippen molar-refractivity contribution in [1.29, 1.82) is 0 Å². The van der Waals surface area contributed by atoms with Crippen LogP contribution in [0.25, 0.3) is 0 Å². The minimum Gasteiger partial charge on any atom is -0.462 e. The van der Waals surface area contributed by atoms with E-state index < -0.39 is 6.10 Å². The van der Waals surface area contributed by atoms with E-state index in [1.807, 2.05) is 0 Å². The summed E-state index contributed by atoms with van der Waals surface area (Å²) >= 11 is 0. The number of esters is 3. The maximum Gasteiger partial charge on any atom is 0.306 e. The number of unbranched alkanes of at least 4 members (excludes halogenated alkanes) is 31. The third-order valence-corrected chi connectivity index (χ3v) is 12.9. The molecule has 0 rings (SSSR count). The number of hydrogen-bond acceptors (Lipinski definition) is 6. The van der Waals surface area contributed by atoms with Crippen LogP contribution in [0.1, 0.15) is 297 Å². The Morgan fingerprint density at radius 2 is 0.571 bits per heavy atom. The fourth-order valence-electron chi connectivity index (χ4n) is 8.47. The summed E-state index contributed by atoms with van der Waals surface area (Å²) in [4.78, 5) is 38.2. The van der Waals surface area contributed by atoms with E-state index in [4.69, 9.17) is 14.2 Å². The first-order valence-corrected chi connectivity index (χ1v) is 29.9. The lowest BCUT2D eigenvalue weighted by Crippen LogP contribution is -2.30. The zero-order valence-corrected chi connectivity index (χ0v) is 46.3. The molecule has 0 fully saturated rings. The molecule has 0 aromatic heterocycles. The SMILES string of the molecule is CC/C=C/C/C=C/C/C=C/C/C=C/C/C=C/CCCC(=O)O[C@H](COC(=O)CCCCCCCCC/C=C/CCCCCCCC)COC(=O)CCCCCCCCCCCCCCCCCCCC. The number of rotatable bonds is 54. The summed E-state index contributed by atoms with van der Waals surface area (Å²) in [5, 5.41) is 0. The fraction of sp³-hybridized carbons (Fsp3) is 0.766. The molecule has 0 aliphatic carbocycles. The predicted molar refractivity (Wildman–Crippen MR) is 302 cm³/mol. The van der Waals surface area contributed by atoms with Gasteiger partial charge in [0, 0.05) is 19.3 Å². The van der Waals surface area contributed by atoms with Crippen LogP contribution < -0.4 is 0 Å². The smallest absolute Gasteiger partial charge is 0.306 e. The number of ether oxygens (including phenoxy) is 3. The molecule has 0 aliphatic heterocycles. The third-order valence-electron chi connectivity index (χ3n) is 12.9. The van der Waals surface area contributed by atoms with Gasteiger partial charge in [-0.1, -0.05) is 267 Å². The van der Waals surface area contributed by atoms with Crippen LogP contribution in [0.5, 0.6) is 0 Å². The molecule has 6 nitrogen and oxygen atoms in total. The number of carbonyl (C=O) groups is 3. The van der Waals surface area contributed by atoms with Crippen LogP contribution in [-0.4, -0.2) is 37.2 Å². The van der Waals surface area contributed by atoms with E-state index in [1.165, 1.54) is 173 Å². The molecule has 1 atom stereocenters. The van der Waals surface area contributed by atoms with Crippen molar-refractivity contribution >= 4 is 17.9 Å². The molecule has 6 heteroatoms. The first-order valence-electron chi connectivity index (χ1n) is 29.9. The van der Waals surface area contributed by atoms with Crippen LogP contribution >= 0.6 is 0 Å². The van der Waals surface area contributed by atoms with Crippen LogP contribution in [0.3, 0.4) is 0 Å². The van der Waals surface area contributed by atoms with Crippen LogP contribution in [0, 0.1) is 0 Å². The van der Waals surface area contributed by atoms with Crippen LogP contribution in [0.2, 0.25) is 0 Å². The van der Waals surface area contributed by atoms with Gasteiger partial charge >= 0.3 is 17.9 Å². The molecule has 0 unspecified atom stereocenters. The number of allylic oxidation sites excluding steroid dienone is 12. The van der Waals surface area contributed by atoms with Gasteiger partial charge in [-0.25, -0.2) is 0 Å². The zero-order valence-electron chi connectivity index (χ0n) is 46.3. The normalized spacial score (nSPS) is 12.6. The highest BCUT2D eigenvalue weighted by molar-refractivity contribution is 5.71. The van der Waals surface area contributed by atoms with Crippen molar-refractivity contribution in [3.8, 4) is 0 Å². The molecule has 0 aliphatic rings. The second-order valence-corrected chi connectivity index (χ2v) is 19.9. The van der Waals surface area contributed by atoms with Crippen molar-refractivity contribution in [2.24, 2.45) is 0 Å². The van der Waals surface area contributed by atoms with E-state index in [0.717, 1.165) is 77.0 Å². The Bertz CT molecular complexity index is 1310. The van der Waals surface area contributed by atoms with Gasteiger partial charge in [-0.15, -0.1) is 0 Å². The highest BCUT2D eigenvalue weighted by atomic mass is 16.6. The van der Waals surface area contributed by atoms with Crippen molar-refractivity contribution in [1.82, 2.24) is 0 Å². The summed E-state index contributed by atoms with van der Waals surface area (Å²) in [5.41, 5.74) is 0. The first-order chi connectivity index (χ1) is 34.5. The molecule has 0 aromatic carbocycles.